The van der Waals surface area contributed by atoms with Crippen molar-refractivity contribution in [2.24, 2.45) is 0 Å². The van der Waals surface area contributed by atoms with Gasteiger partial charge in [0, 0.05) is 13.1 Å². The Kier molecular flexibility index (Phi) is 19.6. The van der Waals surface area contributed by atoms with E-state index in [2.05, 4.69) is 23.8 Å². The van der Waals surface area contributed by atoms with Gasteiger partial charge in [-0.05, 0) is 44.3 Å². The van der Waals surface area contributed by atoms with Crippen LogP contribution in [-0.4, -0.2) is 97.7 Å². The number of aliphatic hydroxyl groups excluding tert-OH is 3. The molecular formula is C23H42N2O8. The van der Waals surface area contributed by atoms with E-state index >= 15 is 0 Å². The molecule has 0 aliphatic heterocycles. The molecule has 4 unspecified atom stereocenters. The maximum absolute atomic E-state index is 11.1. The molecule has 0 aromatic carbocycles. The molecule has 192 valence electrons. The lowest BCUT2D eigenvalue weighted by Gasteiger charge is -2.22. The van der Waals surface area contributed by atoms with E-state index in [0.717, 1.165) is 0 Å². The Hall–Kier alpha value is -1.82. The van der Waals surface area contributed by atoms with Crippen molar-refractivity contribution in [2.45, 2.75) is 63.4 Å². The molecule has 0 aliphatic carbocycles. The van der Waals surface area contributed by atoms with Crippen LogP contribution >= 0.6 is 0 Å². The summed E-state index contributed by atoms with van der Waals surface area (Å²) in [6.07, 6.45) is 2.60. The van der Waals surface area contributed by atoms with Gasteiger partial charge in [-0.15, -0.1) is 0 Å². The molecule has 2 amide bonds. The summed E-state index contributed by atoms with van der Waals surface area (Å²) in [6, 6.07) is 0. The van der Waals surface area contributed by atoms with Gasteiger partial charge >= 0.3 is 0 Å². The topological polar surface area (TPSA) is 147 Å². The zero-order valence-electron chi connectivity index (χ0n) is 19.7. The number of hydrogen-bond acceptors (Lipinski definition) is 8. The van der Waals surface area contributed by atoms with Crippen molar-refractivity contribution in [3.63, 3.8) is 0 Å². The molecule has 0 rings (SSSR count). The SMILES string of the molecule is C=CC(=O)NCCCC(O)COCC(COCC(O)CC)OCC(O)CCCNC(=O)C=C. The van der Waals surface area contributed by atoms with Gasteiger partial charge in [0.1, 0.15) is 6.10 Å². The lowest BCUT2D eigenvalue weighted by molar-refractivity contribution is -0.117. The summed E-state index contributed by atoms with van der Waals surface area (Å²) in [4.78, 5) is 22.2. The first-order valence-electron chi connectivity index (χ1n) is 11.4. The monoisotopic (exact) mass is 474 g/mol. The molecule has 0 aromatic heterocycles. The van der Waals surface area contributed by atoms with Gasteiger partial charge in [-0.1, -0.05) is 20.1 Å². The van der Waals surface area contributed by atoms with Crippen molar-refractivity contribution < 1.29 is 39.1 Å². The minimum atomic E-state index is -0.717. The van der Waals surface area contributed by atoms with E-state index in [-0.39, 0.29) is 44.8 Å². The lowest BCUT2D eigenvalue weighted by Crippen LogP contribution is -2.32. The maximum Gasteiger partial charge on any atom is 0.243 e. The second kappa shape index (κ2) is 20.8. The highest BCUT2D eigenvalue weighted by molar-refractivity contribution is 5.87. The van der Waals surface area contributed by atoms with Crippen molar-refractivity contribution in [3.05, 3.63) is 25.3 Å². The van der Waals surface area contributed by atoms with E-state index in [1.54, 1.807) is 0 Å². The third-order valence-corrected chi connectivity index (χ3v) is 4.62. The Bertz CT molecular complexity index is 547. The van der Waals surface area contributed by atoms with E-state index in [9.17, 15) is 24.9 Å². The predicted molar refractivity (Wildman–Crippen MR) is 125 cm³/mol. The molecule has 10 heteroatoms. The molecule has 0 heterocycles. The smallest absolute Gasteiger partial charge is 0.243 e. The fraction of sp³-hybridized carbons (Fsp3) is 0.739. The van der Waals surface area contributed by atoms with Crippen molar-refractivity contribution in [2.75, 3.05) is 46.1 Å². The molecule has 0 aromatic rings. The molecule has 0 radical (unpaired) electrons. The molecule has 4 atom stereocenters. The zero-order chi connectivity index (χ0) is 24.9. The molecule has 0 spiro atoms. The fourth-order valence-corrected chi connectivity index (χ4v) is 2.59. The zero-order valence-corrected chi connectivity index (χ0v) is 19.7. The van der Waals surface area contributed by atoms with Gasteiger partial charge in [0.05, 0.1) is 51.3 Å². The minimum absolute atomic E-state index is 0.0642. The minimum Gasteiger partial charge on any atom is -0.391 e. The molecule has 0 fully saturated rings. The van der Waals surface area contributed by atoms with Gasteiger partial charge in [0.15, 0.2) is 0 Å². The highest BCUT2D eigenvalue weighted by Crippen LogP contribution is 2.04. The maximum atomic E-state index is 11.1. The highest BCUT2D eigenvalue weighted by atomic mass is 16.6. The summed E-state index contributed by atoms with van der Waals surface area (Å²) in [5.74, 6) is -0.509. The average Bonchev–Trinajstić information content (AvgIpc) is 2.81. The molecule has 5 N–H and O–H groups in total. The summed E-state index contributed by atoms with van der Waals surface area (Å²) in [7, 11) is 0. The largest absolute Gasteiger partial charge is 0.391 e. The van der Waals surface area contributed by atoms with Gasteiger partial charge in [-0.3, -0.25) is 9.59 Å². The van der Waals surface area contributed by atoms with E-state index in [0.29, 0.717) is 45.2 Å². The first-order valence-corrected chi connectivity index (χ1v) is 11.4. The van der Waals surface area contributed by atoms with Gasteiger partial charge in [0.2, 0.25) is 11.8 Å². The van der Waals surface area contributed by atoms with E-state index in [1.165, 1.54) is 12.2 Å². The molecule has 0 saturated heterocycles. The molecule has 0 aliphatic rings. The number of carbonyl (C=O) groups excluding carboxylic acids is 2. The van der Waals surface area contributed by atoms with Crippen LogP contribution < -0.4 is 10.6 Å². The highest BCUT2D eigenvalue weighted by Gasteiger charge is 2.15. The van der Waals surface area contributed by atoms with E-state index in [1.807, 2.05) is 6.92 Å². The van der Waals surface area contributed by atoms with Crippen LogP contribution in [0, 0.1) is 0 Å². The van der Waals surface area contributed by atoms with Gasteiger partial charge in [0.25, 0.3) is 0 Å². The Morgan fingerprint density at radius 1 is 0.788 bits per heavy atom. The Balaban J connectivity index is 4.25. The number of aliphatic hydroxyl groups is 3. The number of nitrogens with one attached hydrogen (secondary N) is 2. The average molecular weight is 475 g/mol. The molecule has 0 bridgehead atoms. The summed E-state index contributed by atoms with van der Waals surface area (Å²) in [5, 5.41) is 35.0. The normalized spacial score (nSPS) is 14.7. The summed E-state index contributed by atoms with van der Waals surface area (Å²) in [6.45, 7) is 10.1. The standard InChI is InChI=1S/C23H42N2O8/c1-4-18(26)13-31-16-21(33-15-20(28)10-8-12-25-23(30)6-3)17-32-14-19(27)9-7-11-24-22(29)5-2/h5-6,18-21,26-28H,2-4,7-17H2,1H3,(H,24,29)(H,25,30). The van der Waals surface area contributed by atoms with Crippen molar-refractivity contribution in [3.8, 4) is 0 Å². The molecule has 0 saturated carbocycles. The van der Waals surface area contributed by atoms with E-state index < -0.39 is 24.4 Å². The number of carbonyl (C=O) groups is 2. The summed E-state index contributed by atoms with van der Waals surface area (Å²) in [5.41, 5.74) is 0. The molecule has 33 heavy (non-hydrogen) atoms. The lowest BCUT2D eigenvalue weighted by atomic mass is 10.2. The summed E-state index contributed by atoms with van der Waals surface area (Å²) >= 11 is 0. The van der Waals surface area contributed by atoms with Crippen molar-refractivity contribution >= 4 is 11.8 Å². The van der Waals surface area contributed by atoms with Crippen LogP contribution in [0.2, 0.25) is 0 Å². The van der Waals surface area contributed by atoms with Gasteiger partial charge in [-0.25, -0.2) is 0 Å². The quantitative estimate of drug-likeness (QED) is 0.109. The third kappa shape index (κ3) is 19.4. The van der Waals surface area contributed by atoms with E-state index in [4.69, 9.17) is 14.2 Å². The second-order valence-corrected chi connectivity index (χ2v) is 7.67. The predicted octanol–water partition coefficient (Wildman–Crippen LogP) is 0.0623. The van der Waals surface area contributed by atoms with Crippen LogP contribution in [0.4, 0.5) is 0 Å². The number of ether oxygens (including phenoxy) is 3. The van der Waals surface area contributed by atoms with Crippen LogP contribution in [0.25, 0.3) is 0 Å². The van der Waals surface area contributed by atoms with Gasteiger partial charge in [-0.2, -0.15) is 0 Å². The first-order chi connectivity index (χ1) is 15.8. The first kappa shape index (κ1) is 31.2. The van der Waals surface area contributed by atoms with Crippen LogP contribution in [0.3, 0.4) is 0 Å². The molecule has 10 nitrogen and oxygen atoms in total. The Morgan fingerprint density at radius 3 is 1.70 bits per heavy atom. The summed E-state index contributed by atoms with van der Waals surface area (Å²) < 4.78 is 16.7. The fourth-order valence-electron chi connectivity index (χ4n) is 2.59. The Labute approximate surface area is 197 Å². The van der Waals surface area contributed by atoms with Crippen LogP contribution in [-0.2, 0) is 23.8 Å². The Morgan fingerprint density at radius 2 is 1.24 bits per heavy atom. The number of rotatable bonds is 22. The second-order valence-electron chi connectivity index (χ2n) is 7.67. The van der Waals surface area contributed by atoms with Gasteiger partial charge < -0.3 is 40.2 Å². The van der Waals surface area contributed by atoms with Crippen LogP contribution in [0.1, 0.15) is 39.0 Å². The van der Waals surface area contributed by atoms with Crippen LogP contribution in [0.5, 0.6) is 0 Å². The number of amides is 2. The number of hydrogen-bond donors (Lipinski definition) is 5. The van der Waals surface area contributed by atoms with Crippen molar-refractivity contribution in [1.29, 1.82) is 0 Å². The molecular weight excluding hydrogens is 432 g/mol. The third-order valence-electron chi connectivity index (χ3n) is 4.62. The van der Waals surface area contributed by atoms with Crippen molar-refractivity contribution in [1.82, 2.24) is 10.6 Å². The van der Waals surface area contributed by atoms with Crippen LogP contribution in [0.15, 0.2) is 25.3 Å².